The van der Waals surface area contributed by atoms with Gasteiger partial charge in [-0.05, 0) is 30.0 Å². The van der Waals surface area contributed by atoms with Gasteiger partial charge in [-0.3, -0.25) is 14.6 Å². The highest BCUT2D eigenvalue weighted by atomic mass is 16.5. The zero-order valence-electron chi connectivity index (χ0n) is 22.7. The molecule has 4 aliphatic heterocycles. The Morgan fingerprint density at radius 2 is 1.95 bits per heavy atom. The highest BCUT2D eigenvalue weighted by Gasteiger charge is 2.73. The summed E-state index contributed by atoms with van der Waals surface area (Å²) < 4.78 is 5.89. The van der Waals surface area contributed by atoms with Crippen LogP contribution in [0.5, 0.6) is 5.75 Å². The number of aliphatic imine (C=N–C) groups is 2. The molecular formula is C27H33N9O5. The number of amides is 2. The predicted octanol–water partition coefficient (Wildman–Crippen LogP) is -1.65. The van der Waals surface area contributed by atoms with Crippen molar-refractivity contribution < 1.29 is 24.5 Å². The normalized spacial score (nSPS) is 28.6. The number of ether oxygens (including phenoxy) is 1. The summed E-state index contributed by atoms with van der Waals surface area (Å²) in [5.41, 5.74) is 11.9. The van der Waals surface area contributed by atoms with Gasteiger partial charge in [0.15, 0.2) is 17.6 Å². The van der Waals surface area contributed by atoms with Gasteiger partial charge in [-0.15, -0.1) is 0 Å². The molecule has 14 nitrogen and oxygen atoms in total. The first-order valence-electron chi connectivity index (χ1n) is 13.4. The molecule has 0 aliphatic carbocycles. The van der Waals surface area contributed by atoms with E-state index in [1.165, 1.54) is 11.1 Å². The molecule has 2 unspecified atom stereocenters. The standard InChI is InChI=1S/C27H33N9O5/c1-25(2)9-11-41-19-14(6-5-7-15(19)25)21(37)33-18-13-36-24(29)32-17(12-31-22(38)16-8-3-4-10-30-16)20-26(36,27(18,39)40)35-23(28)34-20/h3-8,10,17-18,20,39-40H,9,11-13H2,1-2H3,(H2,29,32)(H,31,38)(H,33,37)(H3,28,34,35)/t17-,18?,20?,26-/m0/s1. The second-order valence-electron chi connectivity index (χ2n) is 11.4. The van der Waals surface area contributed by atoms with Crippen molar-refractivity contribution in [2.24, 2.45) is 21.5 Å². The lowest BCUT2D eigenvalue weighted by Gasteiger charge is -2.49. The summed E-state index contributed by atoms with van der Waals surface area (Å²) in [6.07, 6.45) is 2.31. The molecular weight excluding hydrogens is 530 g/mol. The first-order valence-corrected chi connectivity index (χ1v) is 13.4. The van der Waals surface area contributed by atoms with Crippen molar-refractivity contribution in [3.8, 4) is 5.75 Å². The Balaban J connectivity index is 1.27. The Hall–Kier alpha value is -4.43. The van der Waals surface area contributed by atoms with Crippen LogP contribution in [0.2, 0.25) is 0 Å². The maximum absolute atomic E-state index is 13.6. The van der Waals surface area contributed by atoms with Crippen LogP contribution in [0.4, 0.5) is 0 Å². The van der Waals surface area contributed by atoms with Crippen LogP contribution in [0.1, 0.15) is 46.7 Å². The largest absolute Gasteiger partial charge is 0.492 e. The average molecular weight is 564 g/mol. The molecule has 1 aromatic carbocycles. The van der Waals surface area contributed by atoms with E-state index in [0.717, 1.165) is 12.0 Å². The van der Waals surface area contributed by atoms with Gasteiger partial charge in [0.1, 0.15) is 23.5 Å². The lowest BCUT2D eigenvalue weighted by Crippen LogP contribution is -2.78. The second-order valence-corrected chi connectivity index (χ2v) is 11.4. The molecule has 2 amide bonds. The molecule has 1 aromatic heterocycles. The van der Waals surface area contributed by atoms with E-state index in [9.17, 15) is 19.8 Å². The zero-order valence-corrected chi connectivity index (χ0v) is 22.7. The Morgan fingerprint density at radius 1 is 1.15 bits per heavy atom. The number of aliphatic hydroxyl groups is 2. The van der Waals surface area contributed by atoms with Gasteiger partial charge < -0.3 is 47.3 Å². The number of nitrogens with two attached hydrogens (primary N) is 2. The van der Waals surface area contributed by atoms with Crippen LogP contribution in [-0.2, 0) is 5.41 Å². The van der Waals surface area contributed by atoms with Crippen LogP contribution in [0.15, 0.2) is 52.6 Å². The Morgan fingerprint density at radius 3 is 2.71 bits per heavy atom. The van der Waals surface area contributed by atoms with Crippen LogP contribution >= 0.6 is 0 Å². The number of benzene rings is 1. The lowest BCUT2D eigenvalue weighted by atomic mass is 9.79. The summed E-state index contributed by atoms with van der Waals surface area (Å²) >= 11 is 0. The minimum Gasteiger partial charge on any atom is -0.492 e. The SMILES string of the molecule is CC1(C)CCOc2c(C(=O)NC3CN4C(N)=N[C@@H](CNC(=O)c5ccccn5)C5N=C(N)N[C@@]54C3(O)O)cccc21. The van der Waals surface area contributed by atoms with Crippen LogP contribution in [0.25, 0.3) is 0 Å². The van der Waals surface area contributed by atoms with E-state index in [2.05, 4.69) is 44.8 Å². The van der Waals surface area contributed by atoms with Crippen LogP contribution in [0.3, 0.4) is 0 Å². The zero-order chi connectivity index (χ0) is 29.2. The summed E-state index contributed by atoms with van der Waals surface area (Å²) in [5.74, 6) is -3.19. The third-order valence-electron chi connectivity index (χ3n) is 8.44. The van der Waals surface area contributed by atoms with Crippen molar-refractivity contribution in [3.05, 3.63) is 59.4 Å². The van der Waals surface area contributed by atoms with Crippen molar-refractivity contribution in [2.45, 2.75) is 55.3 Å². The number of para-hydroxylation sites is 1. The molecule has 1 saturated heterocycles. The van der Waals surface area contributed by atoms with Crippen LogP contribution in [0, 0.1) is 0 Å². The molecule has 41 heavy (non-hydrogen) atoms. The quantitative estimate of drug-likeness (QED) is 0.206. The molecule has 4 aliphatic rings. The van der Waals surface area contributed by atoms with Gasteiger partial charge in [-0.2, -0.15) is 0 Å². The fourth-order valence-corrected chi connectivity index (χ4v) is 6.22. The molecule has 2 aromatic rings. The molecule has 4 atom stereocenters. The first-order chi connectivity index (χ1) is 19.5. The van der Waals surface area contributed by atoms with E-state index in [0.29, 0.717) is 12.4 Å². The number of carbonyl (C=O) groups is 2. The molecule has 6 rings (SSSR count). The molecule has 0 radical (unpaired) electrons. The van der Waals surface area contributed by atoms with Gasteiger partial charge in [0, 0.05) is 24.8 Å². The number of hydrogen-bond donors (Lipinski definition) is 7. The molecule has 216 valence electrons. The molecule has 0 saturated carbocycles. The van der Waals surface area contributed by atoms with E-state index < -0.39 is 41.4 Å². The lowest BCUT2D eigenvalue weighted by molar-refractivity contribution is -0.230. The minimum absolute atomic E-state index is 0.0258. The van der Waals surface area contributed by atoms with E-state index in [-0.39, 0.29) is 41.7 Å². The number of nitrogens with zero attached hydrogens (tertiary/aromatic N) is 4. The van der Waals surface area contributed by atoms with Gasteiger partial charge in [-0.1, -0.05) is 32.0 Å². The van der Waals surface area contributed by atoms with E-state index in [4.69, 9.17) is 16.2 Å². The Kier molecular flexibility index (Phi) is 6.08. The van der Waals surface area contributed by atoms with Gasteiger partial charge >= 0.3 is 0 Å². The smallest absolute Gasteiger partial charge is 0.269 e. The Labute approximate surface area is 235 Å². The maximum atomic E-state index is 13.6. The summed E-state index contributed by atoms with van der Waals surface area (Å²) in [4.78, 5) is 40.6. The van der Waals surface area contributed by atoms with Crippen LogP contribution < -0.4 is 32.2 Å². The van der Waals surface area contributed by atoms with Crippen molar-refractivity contribution >= 4 is 23.7 Å². The number of guanidine groups is 2. The number of aromatic nitrogens is 1. The third kappa shape index (κ3) is 4.04. The van der Waals surface area contributed by atoms with Gasteiger partial charge in [0.25, 0.3) is 11.8 Å². The molecule has 9 N–H and O–H groups in total. The monoisotopic (exact) mass is 563 g/mol. The van der Waals surface area contributed by atoms with E-state index in [1.807, 2.05) is 6.07 Å². The van der Waals surface area contributed by atoms with Crippen molar-refractivity contribution in [3.63, 3.8) is 0 Å². The Bertz CT molecular complexity index is 1460. The highest BCUT2D eigenvalue weighted by molar-refractivity contribution is 5.98. The van der Waals surface area contributed by atoms with Crippen molar-refractivity contribution in [1.82, 2.24) is 25.8 Å². The predicted molar refractivity (Wildman–Crippen MR) is 148 cm³/mol. The molecule has 1 spiro atoms. The summed E-state index contributed by atoms with van der Waals surface area (Å²) in [6.45, 7) is 4.50. The number of carbonyl (C=O) groups excluding carboxylic acids is 2. The highest BCUT2D eigenvalue weighted by Crippen LogP contribution is 2.45. The summed E-state index contributed by atoms with van der Waals surface area (Å²) in [5, 5.41) is 31.8. The second kappa shape index (κ2) is 9.31. The summed E-state index contributed by atoms with van der Waals surface area (Å²) in [6, 6.07) is 7.30. The molecule has 1 fully saturated rings. The van der Waals surface area contributed by atoms with Gasteiger partial charge in [0.05, 0.1) is 18.2 Å². The molecule has 0 bridgehead atoms. The first kappa shape index (κ1) is 26.8. The maximum Gasteiger partial charge on any atom is 0.269 e. The third-order valence-corrected chi connectivity index (χ3v) is 8.44. The van der Waals surface area contributed by atoms with Crippen molar-refractivity contribution in [2.75, 3.05) is 19.7 Å². The molecule has 5 heterocycles. The number of fused-ring (bicyclic) bond motifs is 1. The molecule has 14 heteroatoms. The van der Waals surface area contributed by atoms with Gasteiger partial charge in [-0.25, -0.2) is 9.98 Å². The van der Waals surface area contributed by atoms with E-state index in [1.54, 1.807) is 30.3 Å². The fourth-order valence-electron chi connectivity index (χ4n) is 6.22. The van der Waals surface area contributed by atoms with Gasteiger partial charge in [0.2, 0.25) is 5.79 Å². The number of rotatable bonds is 5. The fraction of sp³-hybridized carbons (Fsp3) is 0.444. The number of pyridine rings is 1. The van der Waals surface area contributed by atoms with E-state index >= 15 is 0 Å². The average Bonchev–Trinajstić information content (AvgIpc) is 3.41. The number of nitrogens with one attached hydrogen (secondary N) is 3. The van der Waals surface area contributed by atoms with Crippen molar-refractivity contribution in [1.29, 1.82) is 0 Å². The van der Waals surface area contributed by atoms with Crippen LogP contribution in [-0.4, -0.2) is 93.1 Å². The number of hydrogen-bond acceptors (Lipinski definition) is 12. The summed E-state index contributed by atoms with van der Waals surface area (Å²) in [7, 11) is 0. The minimum atomic E-state index is -2.61. The topological polar surface area (TPSA) is 213 Å².